The molecular weight excluding hydrogens is 370 g/mol. The molecule has 1 unspecified atom stereocenters. The first kappa shape index (κ1) is 19.4. The van der Waals surface area contributed by atoms with Gasteiger partial charge in [-0.05, 0) is 50.3 Å². The largest absolute Gasteiger partial charge is 0.353 e. The van der Waals surface area contributed by atoms with Gasteiger partial charge in [-0.25, -0.2) is 9.78 Å². The number of fused-ring (bicyclic) bond motifs is 1. The van der Waals surface area contributed by atoms with E-state index in [1.165, 1.54) is 4.90 Å². The number of hydrogen-bond donors (Lipinski definition) is 2. The minimum absolute atomic E-state index is 0.00310. The Labute approximate surface area is 169 Å². The van der Waals surface area contributed by atoms with Gasteiger partial charge in [0, 0.05) is 36.4 Å². The number of nitrogens with one attached hydrogen (secondary N) is 2. The van der Waals surface area contributed by atoms with Gasteiger partial charge in [-0.3, -0.25) is 14.5 Å². The highest BCUT2D eigenvalue weighted by molar-refractivity contribution is 6.05. The first-order valence-electron chi connectivity index (χ1n) is 10.4. The van der Waals surface area contributed by atoms with E-state index in [1.807, 2.05) is 19.2 Å². The maximum Gasteiger partial charge on any atom is 0.324 e. The molecule has 2 aromatic heterocycles. The molecule has 0 bridgehead atoms. The van der Waals surface area contributed by atoms with Crippen LogP contribution in [-0.4, -0.2) is 50.9 Å². The Morgan fingerprint density at radius 1 is 1.24 bits per heavy atom. The number of carbonyl (C=O) groups is 3. The summed E-state index contributed by atoms with van der Waals surface area (Å²) in [4.78, 5) is 42.2. The fourth-order valence-corrected chi connectivity index (χ4v) is 4.40. The van der Waals surface area contributed by atoms with Gasteiger partial charge < -0.3 is 15.2 Å². The third kappa shape index (κ3) is 3.97. The van der Waals surface area contributed by atoms with Crippen LogP contribution in [0.4, 0.5) is 4.79 Å². The SMILES string of the molecule is CCCN1C(=O)NC(CC(=O)NC2CCC(n3ccc4cccnc43)CC2)C1=O. The lowest BCUT2D eigenvalue weighted by molar-refractivity contribution is -0.131. The quantitative estimate of drug-likeness (QED) is 0.732. The lowest BCUT2D eigenvalue weighted by atomic mass is 9.91. The van der Waals surface area contributed by atoms with Crippen molar-refractivity contribution in [3.8, 4) is 0 Å². The Kier molecular flexibility index (Phi) is 5.51. The molecule has 154 valence electrons. The highest BCUT2D eigenvalue weighted by Gasteiger charge is 2.38. The molecule has 2 N–H and O–H groups in total. The van der Waals surface area contributed by atoms with E-state index in [9.17, 15) is 14.4 Å². The van der Waals surface area contributed by atoms with Gasteiger partial charge in [0.2, 0.25) is 5.91 Å². The number of amides is 4. The Balaban J connectivity index is 1.28. The molecule has 1 saturated heterocycles. The van der Waals surface area contributed by atoms with Gasteiger partial charge in [0.25, 0.3) is 5.91 Å². The van der Waals surface area contributed by atoms with E-state index >= 15 is 0 Å². The molecule has 8 nitrogen and oxygen atoms in total. The van der Waals surface area contributed by atoms with Crippen LogP contribution in [0.3, 0.4) is 0 Å². The number of pyridine rings is 1. The second-order valence-electron chi connectivity index (χ2n) is 7.91. The average Bonchev–Trinajstić information content (AvgIpc) is 3.25. The summed E-state index contributed by atoms with van der Waals surface area (Å²) >= 11 is 0. The van der Waals surface area contributed by atoms with Crippen LogP contribution in [0.15, 0.2) is 30.6 Å². The summed E-state index contributed by atoms with van der Waals surface area (Å²) in [6, 6.07) is 5.44. The van der Waals surface area contributed by atoms with Crippen molar-refractivity contribution in [3.05, 3.63) is 30.6 Å². The van der Waals surface area contributed by atoms with Crippen molar-refractivity contribution in [1.29, 1.82) is 0 Å². The van der Waals surface area contributed by atoms with E-state index in [1.54, 1.807) is 0 Å². The molecular formula is C21H27N5O3. The normalized spacial score (nSPS) is 24.7. The zero-order valence-corrected chi connectivity index (χ0v) is 16.6. The van der Waals surface area contributed by atoms with Crippen molar-refractivity contribution in [2.75, 3.05) is 6.54 Å². The summed E-state index contributed by atoms with van der Waals surface area (Å²) in [6.45, 7) is 2.29. The van der Waals surface area contributed by atoms with Crippen molar-refractivity contribution in [1.82, 2.24) is 25.1 Å². The predicted molar refractivity (Wildman–Crippen MR) is 108 cm³/mol. The molecule has 1 aliphatic heterocycles. The average molecular weight is 397 g/mol. The van der Waals surface area contributed by atoms with E-state index in [0.717, 1.165) is 36.7 Å². The van der Waals surface area contributed by atoms with Crippen molar-refractivity contribution < 1.29 is 14.4 Å². The molecule has 2 aliphatic rings. The van der Waals surface area contributed by atoms with Gasteiger partial charge in [0.1, 0.15) is 11.7 Å². The minimum Gasteiger partial charge on any atom is -0.353 e. The third-order valence-electron chi connectivity index (χ3n) is 5.88. The van der Waals surface area contributed by atoms with Crippen molar-refractivity contribution in [3.63, 3.8) is 0 Å². The Morgan fingerprint density at radius 2 is 2.03 bits per heavy atom. The van der Waals surface area contributed by atoms with E-state index in [0.29, 0.717) is 19.0 Å². The van der Waals surface area contributed by atoms with Crippen LogP contribution < -0.4 is 10.6 Å². The lowest BCUT2D eigenvalue weighted by Crippen LogP contribution is -2.42. The standard InChI is InChI=1S/C21H27N5O3/c1-2-11-26-20(28)17(24-21(26)29)13-18(27)23-15-5-7-16(8-6-15)25-12-9-14-4-3-10-22-19(14)25/h3-4,9-10,12,15-17H,2,5-8,11,13H2,1H3,(H,23,27)(H,24,29). The highest BCUT2D eigenvalue weighted by Crippen LogP contribution is 2.31. The topological polar surface area (TPSA) is 96.3 Å². The van der Waals surface area contributed by atoms with Crippen molar-refractivity contribution in [2.45, 2.75) is 63.6 Å². The number of urea groups is 1. The fourth-order valence-electron chi connectivity index (χ4n) is 4.40. The second kappa shape index (κ2) is 8.23. The molecule has 29 heavy (non-hydrogen) atoms. The first-order valence-corrected chi connectivity index (χ1v) is 10.4. The van der Waals surface area contributed by atoms with Gasteiger partial charge in [0.05, 0.1) is 6.42 Å². The van der Waals surface area contributed by atoms with Crippen LogP contribution >= 0.6 is 0 Å². The lowest BCUT2D eigenvalue weighted by Gasteiger charge is -2.30. The Hall–Kier alpha value is -2.90. The van der Waals surface area contributed by atoms with Crippen LogP contribution in [-0.2, 0) is 9.59 Å². The number of aromatic nitrogens is 2. The molecule has 4 amide bonds. The van der Waals surface area contributed by atoms with Gasteiger partial charge in [-0.15, -0.1) is 0 Å². The maximum absolute atomic E-state index is 12.4. The summed E-state index contributed by atoms with van der Waals surface area (Å²) in [5.74, 6) is -0.485. The van der Waals surface area contributed by atoms with Crippen LogP contribution in [0.5, 0.6) is 0 Å². The van der Waals surface area contributed by atoms with Crippen LogP contribution in [0, 0.1) is 0 Å². The van der Waals surface area contributed by atoms with E-state index in [-0.39, 0.29) is 24.3 Å². The molecule has 2 aromatic rings. The smallest absolute Gasteiger partial charge is 0.324 e. The number of rotatable bonds is 6. The molecule has 0 spiro atoms. The molecule has 1 saturated carbocycles. The monoisotopic (exact) mass is 397 g/mol. The molecule has 0 aromatic carbocycles. The van der Waals surface area contributed by atoms with E-state index in [4.69, 9.17) is 0 Å². The van der Waals surface area contributed by atoms with Gasteiger partial charge in [-0.2, -0.15) is 0 Å². The Bertz CT molecular complexity index is 916. The van der Waals surface area contributed by atoms with Gasteiger partial charge in [-0.1, -0.05) is 6.92 Å². The third-order valence-corrected chi connectivity index (χ3v) is 5.88. The zero-order valence-electron chi connectivity index (χ0n) is 16.6. The van der Waals surface area contributed by atoms with E-state index in [2.05, 4.69) is 38.5 Å². The molecule has 1 aliphatic carbocycles. The molecule has 4 rings (SSSR count). The number of nitrogens with zero attached hydrogens (tertiary/aromatic N) is 3. The second-order valence-corrected chi connectivity index (χ2v) is 7.91. The minimum atomic E-state index is -0.747. The summed E-state index contributed by atoms with van der Waals surface area (Å²) in [6.07, 6.45) is 8.31. The molecule has 2 fully saturated rings. The number of carbonyl (C=O) groups excluding carboxylic acids is 3. The highest BCUT2D eigenvalue weighted by atomic mass is 16.2. The Morgan fingerprint density at radius 3 is 2.79 bits per heavy atom. The summed E-state index contributed by atoms with van der Waals surface area (Å²) in [5, 5.41) is 6.80. The first-order chi connectivity index (χ1) is 14.1. The summed E-state index contributed by atoms with van der Waals surface area (Å²) < 4.78 is 2.24. The van der Waals surface area contributed by atoms with Gasteiger partial charge in [0.15, 0.2) is 0 Å². The van der Waals surface area contributed by atoms with Crippen molar-refractivity contribution in [2.24, 2.45) is 0 Å². The van der Waals surface area contributed by atoms with Crippen LogP contribution in [0.2, 0.25) is 0 Å². The zero-order chi connectivity index (χ0) is 20.4. The van der Waals surface area contributed by atoms with E-state index < -0.39 is 12.1 Å². The molecule has 3 heterocycles. The van der Waals surface area contributed by atoms with Crippen molar-refractivity contribution >= 4 is 28.9 Å². The molecule has 0 radical (unpaired) electrons. The maximum atomic E-state index is 12.4. The van der Waals surface area contributed by atoms with Gasteiger partial charge >= 0.3 is 6.03 Å². The summed E-state index contributed by atoms with van der Waals surface area (Å²) in [5.41, 5.74) is 1.01. The fraction of sp³-hybridized carbons (Fsp3) is 0.524. The number of imide groups is 1. The summed E-state index contributed by atoms with van der Waals surface area (Å²) in [7, 11) is 0. The predicted octanol–water partition coefficient (Wildman–Crippen LogP) is 2.36. The molecule has 8 heteroatoms. The molecule has 1 atom stereocenters. The number of hydrogen-bond acceptors (Lipinski definition) is 4. The van der Waals surface area contributed by atoms with Crippen LogP contribution in [0.25, 0.3) is 11.0 Å². The van der Waals surface area contributed by atoms with Crippen LogP contribution in [0.1, 0.15) is 51.5 Å².